The number of hydrogen-bond donors (Lipinski definition) is 1. The van der Waals surface area contributed by atoms with Gasteiger partial charge < -0.3 is 5.32 Å². The number of rotatable bonds is 7. The number of allylic oxidation sites excluding steroid dienone is 9. The lowest BCUT2D eigenvalue weighted by Gasteiger charge is -2.17. The molecule has 1 nitrogen and oxygen atoms in total. The van der Waals surface area contributed by atoms with Crippen LogP contribution in [0.5, 0.6) is 0 Å². The summed E-state index contributed by atoms with van der Waals surface area (Å²) in [5, 5.41) is 7.21. The van der Waals surface area contributed by atoms with Gasteiger partial charge in [-0.2, -0.15) is 0 Å². The molecule has 224 valence electrons. The fourth-order valence-electron chi connectivity index (χ4n) is 6.23. The SMILES string of the molecule is C=Cc1c(/C=C\C)sc2c(C3=CCCC=C3)c(Nc3cccc(-c4cccc(-c5cccc6c5S/C=C\C=C/C6=C)c4)c3)ccc12. The van der Waals surface area contributed by atoms with Crippen LogP contribution in [0.1, 0.15) is 41.3 Å². The second kappa shape index (κ2) is 13.3. The van der Waals surface area contributed by atoms with Crippen molar-refractivity contribution in [3.63, 3.8) is 0 Å². The molecule has 1 N–H and O–H groups in total. The summed E-state index contributed by atoms with van der Waals surface area (Å²) in [5.74, 6) is 0. The van der Waals surface area contributed by atoms with Crippen LogP contribution in [0.4, 0.5) is 11.4 Å². The Morgan fingerprint density at radius 3 is 2.46 bits per heavy atom. The Kier molecular flexibility index (Phi) is 8.61. The highest BCUT2D eigenvalue weighted by Gasteiger charge is 2.18. The Morgan fingerprint density at radius 2 is 1.63 bits per heavy atom. The molecule has 0 atom stereocenters. The number of thiophene rings is 1. The number of thioether (sulfide) groups is 1. The average Bonchev–Trinajstić information content (AvgIpc) is 3.44. The zero-order valence-corrected chi connectivity index (χ0v) is 27.6. The molecule has 0 amide bonds. The zero-order valence-electron chi connectivity index (χ0n) is 25.9. The fraction of sp³-hybridized carbons (Fsp3) is 0.0698. The van der Waals surface area contributed by atoms with Gasteiger partial charge in [0.05, 0.1) is 0 Å². The maximum absolute atomic E-state index is 4.32. The molecule has 3 heteroatoms. The van der Waals surface area contributed by atoms with Gasteiger partial charge in [-0.1, -0.05) is 128 Å². The van der Waals surface area contributed by atoms with Gasteiger partial charge in [0.15, 0.2) is 0 Å². The zero-order chi connectivity index (χ0) is 31.5. The summed E-state index contributed by atoms with van der Waals surface area (Å²) in [6.07, 6.45) is 21.6. The van der Waals surface area contributed by atoms with Crippen LogP contribution < -0.4 is 5.32 Å². The number of anilines is 2. The third-order valence-corrected chi connectivity index (χ3v) is 10.6. The Labute approximate surface area is 280 Å². The molecule has 7 rings (SSSR count). The van der Waals surface area contributed by atoms with E-state index in [4.69, 9.17) is 0 Å². The predicted molar refractivity (Wildman–Crippen MR) is 207 cm³/mol. The molecule has 0 saturated carbocycles. The first kappa shape index (κ1) is 29.9. The topological polar surface area (TPSA) is 12.0 Å². The van der Waals surface area contributed by atoms with E-state index in [-0.39, 0.29) is 0 Å². The summed E-state index contributed by atoms with van der Waals surface area (Å²) < 4.78 is 1.29. The molecule has 2 heterocycles. The summed E-state index contributed by atoms with van der Waals surface area (Å²) in [4.78, 5) is 2.48. The van der Waals surface area contributed by atoms with Crippen LogP contribution in [-0.4, -0.2) is 0 Å². The number of hydrogen-bond acceptors (Lipinski definition) is 3. The molecule has 0 bridgehead atoms. The van der Waals surface area contributed by atoms with Gasteiger partial charge in [0, 0.05) is 36.8 Å². The van der Waals surface area contributed by atoms with Crippen molar-refractivity contribution in [3.05, 3.63) is 162 Å². The van der Waals surface area contributed by atoms with Crippen LogP contribution in [-0.2, 0) is 0 Å². The average molecular weight is 630 g/mol. The van der Waals surface area contributed by atoms with E-state index in [2.05, 4.69) is 158 Å². The molecule has 0 radical (unpaired) electrons. The van der Waals surface area contributed by atoms with Crippen LogP contribution in [0.3, 0.4) is 0 Å². The molecule has 0 spiro atoms. The highest BCUT2D eigenvalue weighted by molar-refractivity contribution is 8.02. The van der Waals surface area contributed by atoms with Crippen molar-refractivity contribution in [2.24, 2.45) is 0 Å². The molecule has 2 aliphatic rings. The summed E-state index contributed by atoms with van der Waals surface area (Å²) in [7, 11) is 0. The lowest BCUT2D eigenvalue weighted by molar-refractivity contribution is 1.04. The number of nitrogens with one attached hydrogen (secondary N) is 1. The molecule has 4 aromatic carbocycles. The van der Waals surface area contributed by atoms with Crippen molar-refractivity contribution in [2.45, 2.75) is 24.7 Å². The van der Waals surface area contributed by atoms with E-state index in [1.165, 1.54) is 64.4 Å². The third kappa shape index (κ3) is 5.80. The van der Waals surface area contributed by atoms with Crippen molar-refractivity contribution in [1.82, 2.24) is 0 Å². The molecule has 0 fully saturated rings. The molecule has 0 saturated heterocycles. The summed E-state index contributed by atoms with van der Waals surface area (Å²) in [6, 6.07) is 28.6. The highest BCUT2D eigenvalue weighted by atomic mass is 32.2. The van der Waals surface area contributed by atoms with E-state index < -0.39 is 0 Å². The van der Waals surface area contributed by atoms with Crippen LogP contribution in [0.15, 0.2) is 145 Å². The molecule has 5 aromatic rings. The van der Waals surface area contributed by atoms with Crippen LogP contribution >= 0.6 is 23.1 Å². The normalized spacial score (nSPS) is 15.7. The van der Waals surface area contributed by atoms with Gasteiger partial charge in [0.1, 0.15) is 0 Å². The van der Waals surface area contributed by atoms with E-state index in [1.807, 2.05) is 17.4 Å². The Balaban J connectivity index is 1.27. The van der Waals surface area contributed by atoms with Crippen molar-refractivity contribution in [2.75, 3.05) is 5.32 Å². The molecule has 0 unspecified atom stereocenters. The maximum Gasteiger partial charge on any atom is 0.0478 e. The number of benzene rings is 4. The van der Waals surface area contributed by atoms with Gasteiger partial charge in [-0.05, 0) is 100 Å². The van der Waals surface area contributed by atoms with Crippen molar-refractivity contribution < 1.29 is 0 Å². The van der Waals surface area contributed by atoms with E-state index in [1.54, 1.807) is 11.8 Å². The van der Waals surface area contributed by atoms with Gasteiger partial charge in [-0.25, -0.2) is 0 Å². The summed E-state index contributed by atoms with van der Waals surface area (Å²) >= 11 is 3.60. The first-order valence-corrected chi connectivity index (χ1v) is 17.4. The van der Waals surface area contributed by atoms with Crippen LogP contribution in [0.2, 0.25) is 0 Å². The van der Waals surface area contributed by atoms with Crippen molar-refractivity contribution >= 4 is 67.9 Å². The Hall–Kier alpha value is -4.83. The number of fused-ring (bicyclic) bond motifs is 2. The minimum absolute atomic E-state index is 1.03. The van der Waals surface area contributed by atoms with Gasteiger partial charge in [-0.3, -0.25) is 0 Å². The molecule has 1 aliphatic carbocycles. The molecule has 46 heavy (non-hydrogen) atoms. The van der Waals surface area contributed by atoms with E-state index in [0.29, 0.717) is 0 Å². The minimum Gasteiger partial charge on any atom is -0.355 e. The standard InChI is InChI=1S/C43H35NS2/c1-4-14-40-35(5-2)38-24-25-39(41(43(38)46-40)30-16-7-6-8-17-30)44-34-21-12-19-32(28-34)31-18-11-20-33(27-31)37-23-13-22-36-29(3)15-9-10-26-45-42(36)37/h4-5,7,9-28,44H,2-3,6,8H2,1H3/b14-4-,15-9-,26-10-. The van der Waals surface area contributed by atoms with Crippen LogP contribution in [0.25, 0.3) is 55.6 Å². The summed E-state index contributed by atoms with van der Waals surface area (Å²) in [6.45, 7) is 10.5. The largest absolute Gasteiger partial charge is 0.355 e. The highest BCUT2D eigenvalue weighted by Crippen LogP contribution is 2.44. The van der Waals surface area contributed by atoms with Crippen molar-refractivity contribution in [3.8, 4) is 22.3 Å². The fourth-order valence-corrected chi connectivity index (χ4v) is 8.52. The van der Waals surface area contributed by atoms with Gasteiger partial charge in [0.2, 0.25) is 0 Å². The van der Waals surface area contributed by atoms with Gasteiger partial charge in [0.25, 0.3) is 0 Å². The molecular weight excluding hydrogens is 595 g/mol. The Bertz CT molecular complexity index is 2150. The Morgan fingerprint density at radius 1 is 0.826 bits per heavy atom. The van der Waals surface area contributed by atoms with Crippen molar-refractivity contribution in [1.29, 1.82) is 0 Å². The minimum atomic E-state index is 1.03. The first-order chi connectivity index (χ1) is 22.6. The smallest absolute Gasteiger partial charge is 0.0478 e. The maximum atomic E-state index is 4.32. The lowest BCUT2D eigenvalue weighted by atomic mass is 9.95. The van der Waals surface area contributed by atoms with E-state index in [0.717, 1.165) is 29.8 Å². The summed E-state index contributed by atoms with van der Waals surface area (Å²) in [5.41, 5.74) is 12.9. The van der Waals surface area contributed by atoms with E-state index in [9.17, 15) is 0 Å². The van der Waals surface area contributed by atoms with Gasteiger partial charge in [-0.15, -0.1) is 11.3 Å². The third-order valence-electron chi connectivity index (χ3n) is 8.41. The predicted octanol–water partition coefficient (Wildman–Crippen LogP) is 13.6. The second-order valence-corrected chi connectivity index (χ2v) is 13.4. The second-order valence-electron chi connectivity index (χ2n) is 11.4. The lowest BCUT2D eigenvalue weighted by Crippen LogP contribution is -1.97. The quantitative estimate of drug-likeness (QED) is 0.192. The molecule has 1 aromatic heterocycles. The monoisotopic (exact) mass is 629 g/mol. The molecular formula is C43H35NS2. The molecule has 1 aliphatic heterocycles. The van der Waals surface area contributed by atoms with E-state index >= 15 is 0 Å². The van der Waals surface area contributed by atoms with Crippen LogP contribution in [0, 0.1) is 0 Å². The first-order valence-electron chi connectivity index (χ1n) is 15.7. The van der Waals surface area contributed by atoms with Gasteiger partial charge >= 0.3 is 0 Å².